The molecule has 1 amide bonds. The number of carbonyl (C=O) groups excluding carboxylic acids is 1. The minimum absolute atomic E-state index is 0.0415. The molecule has 7 heteroatoms. The fourth-order valence-corrected chi connectivity index (χ4v) is 5.09. The quantitative estimate of drug-likeness (QED) is 0.777. The summed E-state index contributed by atoms with van der Waals surface area (Å²) in [6, 6.07) is 1.79. The standard InChI is InChI=1S/C19H28N4O2S/c24-18-4-2-1-3-6-22(18)8-7-21-11-15(12-21)13-23-19(25)10-16-14-26-9-5-17(16)20-23/h10,15H,1-9,11-14H2. The van der Waals surface area contributed by atoms with Crippen LogP contribution in [0, 0.1) is 5.92 Å². The lowest BCUT2D eigenvalue weighted by atomic mass is 10.0. The van der Waals surface area contributed by atoms with Crippen LogP contribution >= 0.6 is 11.8 Å². The summed E-state index contributed by atoms with van der Waals surface area (Å²) in [5.41, 5.74) is 2.28. The van der Waals surface area contributed by atoms with Crippen LogP contribution < -0.4 is 5.56 Å². The molecule has 0 bridgehead atoms. The third-order valence-corrected chi connectivity index (χ3v) is 6.73. The maximum atomic E-state index is 12.3. The summed E-state index contributed by atoms with van der Waals surface area (Å²) in [5.74, 6) is 2.84. The molecule has 0 aromatic carbocycles. The van der Waals surface area contributed by atoms with E-state index in [1.165, 1.54) is 6.42 Å². The topological polar surface area (TPSA) is 58.4 Å². The Balaban J connectivity index is 1.25. The van der Waals surface area contributed by atoms with Crippen molar-refractivity contribution in [2.45, 2.75) is 44.4 Å². The van der Waals surface area contributed by atoms with Crippen molar-refractivity contribution in [1.29, 1.82) is 0 Å². The van der Waals surface area contributed by atoms with E-state index < -0.39 is 0 Å². The molecule has 3 aliphatic rings. The first kappa shape index (κ1) is 18.0. The first-order valence-electron chi connectivity index (χ1n) is 9.87. The second-order valence-corrected chi connectivity index (χ2v) is 8.86. The van der Waals surface area contributed by atoms with Crippen molar-refractivity contribution in [2.75, 3.05) is 38.5 Å². The van der Waals surface area contributed by atoms with Crippen molar-refractivity contribution in [3.05, 3.63) is 27.7 Å². The minimum atomic E-state index is 0.0415. The molecule has 1 aromatic rings. The van der Waals surface area contributed by atoms with E-state index in [4.69, 9.17) is 0 Å². The van der Waals surface area contributed by atoms with Gasteiger partial charge in [-0.05, 0) is 24.2 Å². The van der Waals surface area contributed by atoms with E-state index in [0.717, 1.165) is 81.3 Å². The number of nitrogens with zero attached hydrogens (tertiary/aromatic N) is 4. The summed E-state index contributed by atoms with van der Waals surface area (Å²) in [7, 11) is 0. The fourth-order valence-electron chi connectivity index (χ4n) is 4.14. The third kappa shape index (κ3) is 4.14. The van der Waals surface area contributed by atoms with Crippen LogP contribution in [0.25, 0.3) is 0 Å². The number of aromatic nitrogens is 2. The van der Waals surface area contributed by atoms with Crippen molar-refractivity contribution in [1.82, 2.24) is 19.6 Å². The van der Waals surface area contributed by atoms with Gasteiger partial charge in [0.1, 0.15) is 0 Å². The molecule has 4 heterocycles. The molecule has 142 valence electrons. The smallest absolute Gasteiger partial charge is 0.267 e. The predicted molar refractivity (Wildman–Crippen MR) is 103 cm³/mol. The molecule has 4 rings (SSSR count). The summed E-state index contributed by atoms with van der Waals surface area (Å²) >= 11 is 1.88. The lowest BCUT2D eigenvalue weighted by molar-refractivity contribution is -0.131. The van der Waals surface area contributed by atoms with E-state index in [9.17, 15) is 9.59 Å². The van der Waals surface area contributed by atoms with Crippen molar-refractivity contribution in [3.63, 3.8) is 0 Å². The number of thioether (sulfide) groups is 1. The van der Waals surface area contributed by atoms with E-state index in [-0.39, 0.29) is 5.56 Å². The highest BCUT2D eigenvalue weighted by Gasteiger charge is 2.28. The molecule has 1 aromatic heterocycles. The lowest BCUT2D eigenvalue weighted by Crippen LogP contribution is -2.52. The monoisotopic (exact) mass is 376 g/mol. The highest BCUT2D eigenvalue weighted by Crippen LogP contribution is 2.22. The van der Waals surface area contributed by atoms with Gasteiger partial charge in [-0.3, -0.25) is 9.59 Å². The number of likely N-dealkylation sites (tertiary alicyclic amines) is 2. The maximum absolute atomic E-state index is 12.3. The molecule has 26 heavy (non-hydrogen) atoms. The van der Waals surface area contributed by atoms with Crippen molar-refractivity contribution < 1.29 is 4.79 Å². The molecule has 2 saturated heterocycles. The van der Waals surface area contributed by atoms with Gasteiger partial charge < -0.3 is 9.80 Å². The SMILES string of the molecule is O=C1CCCCCN1CCN1CC(Cn2nc3c(cc2=O)CSCC3)C1. The van der Waals surface area contributed by atoms with Crippen molar-refractivity contribution >= 4 is 17.7 Å². The van der Waals surface area contributed by atoms with Crippen molar-refractivity contribution in [2.24, 2.45) is 5.92 Å². The van der Waals surface area contributed by atoms with Crippen LogP contribution in [0.4, 0.5) is 0 Å². The highest BCUT2D eigenvalue weighted by molar-refractivity contribution is 7.98. The number of amides is 1. The number of hydrogen-bond acceptors (Lipinski definition) is 5. The molecule has 0 saturated carbocycles. The Morgan fingerprint density at radius 2 is 2.00 bits per heavy atom. The van der Waals surface area contributed by atoms with Gasteiger partial charge in [-0.25, -0.2) is 4.68 Å². The third-order valence-electron chi connectivity index (χ3n) is 5.73. The number of rotatable bonds is 5. The van der Waals surface area contributed by atoms with Crippen LogP contribution in [0.15, 0.2) is 10.9 Å². The van der Waals surface area contributed by atoms with Gasteiger partial charge in [0.05, 0.1) is 12.2 Å². The Kier molecular flexibility index (Phi) is 5.64. The van der Waals surface area contributed by atoms with Crippen LogP contribution in [0.3, 0.4) is 0 Å². The van der Waals surface area contributed by atoms with Gasteiger partial charge in [-0.1, -0.05) is 6.42 Å². The molecule has 6 nitrogen and oxygen atoms in total. The van der Waals surface area contributed by atoms with Gasteiger partial charge in [0.25, 0.3) is 5.56 Å². The summed E-state index contributed by atoms with van der Waals surface area (Å²) in [4.78, 5) is 28.8. The molecule has 0 atom stereocenters. The number of fused-ring (bicyclic) bond motifs is 1. The Hall–Kier alpha value is -1.34. The van der Waals surface area contributed by atoms with E-state index >= 15 is 0 Å². The maximum Gasteiger partial charge on any atom is 0.267 e. The number of carbonyl (C=O) groups is 1. The molecule has 0 aliphatic carbocycles. The second-order valence-electron chi connectivity index (χ2n) is 7.76. The van der Waals surface area contributed by atoms with Gasteiger partial charge in [-0.2, -0.15) is 16.9 Å². The predicted octanol–water partition coefficient (Wildman–Crippen LogP) is 1.37. The first-order chi connectivity index (χ1) is 12.7. The lowest BCUT2D eigenvalue weighted by Gasteiger charge is -2.40. The average molecular weight is 377 g/mol. The van der Waals surface area contributed by atoms with Gasteiger partial charge in [-0.15, -0.1) is 0 Å². The van der Waals surface area contributed by atoms with E-state index in [0.29, 0.717) is 18.2 Å². The van der Waals surface area contributed by atoms with Crippen LogP contribution in [0.2, 0.25) is 0 Å². The van der Waals surface area contributed by atoms with Crippen LogP contribution in [0.5, 0.6) is 0 Å². The number of aryl methyl sites for hydroxylation is 1. The Morgan fingerprint density at radius 1 is 1.12 bits per heavy atom. The molecule has 0 N–H and O–H groups in total. The van der Waals surface area contributed by atoms with Crippen LogP contribution in [0.1, 0.15) is 36.9 Å². The zero-order chi connectivity index (χ0) is 17.9. The zero-order valence-electron chi connectivity index (χ0n) is 15.4. The summed E-state index contributed by atoms with van der Waals surface area (Å²) in [5, 5.41) is 4.62. The normalized spacial score (nSPS) is 22.0. The summed E-state index contributed by atoms with van der Waals surface area (Å²) in [6.07, 6.45) is 5.05. The molecule has 0 spiro atoms. The number of hydrogen-bond donors (Lipinski definition) is 0. The summed E-state index contributed by atoms with van der Waals surface area (Å²) in [6.45, 7) is 5.44. The van der Waals surface area contributed by atoms with E-state index in [1.54, 1.807) is 10.7 Å². The Labute approximate surface area is 158 Å². The Bertz CT molecular complexity index is 714. The Morgan fingerprint density at radius 3 is 2.88 bits per heavy atom. The largest absolute Gasteiger partial charge is 0.341 e. The molecule has 0 radical (unpaired) electrons. The van der Waals surface area contributed by atoms with E-state index in [1.807, 2.05) is 16.7 Å². The van der Waals surface area contributed by atoms with Gasteiger partial charge in [0, 0.05) is 63.3 Å². The minimum Gasteiger partial charge on any atom is -0.341 e. The molecule has 2 fully saturated rings. The first-order valence-corrected chi connectivity index (χ1v) is 11.0. The van der Waals surface area contributed by atoms with Gasteiger partial charge in [0.2, 0.25) is 5.91 Å². The molecule has 3 aliphatic heterocycles. The molecule has 0 unspecified atom stereocenters. The van der Waals surface area contributed by atoms with Crippen molar-refractivity contribution in [3.8, 4) is 0 Å². The zero-order valence-corrected chi connectivity index (χ0v) is 16.2. The van der Waals surface area contributed by atoms with Crippen LogP contribution in [-0.4, -0.2) is 64.0 Å². The average Bonchev–Trinajstić information content (AvgIpc) is 2.81. The fraction of sp³-hybridized carbons (Fsp3) is 0.737. The second kappa shape index (κ2) is 8.13. The van der Waals surface area contributed by atoms with Crippen LogP contribution in [-0.2, 0) is 23.5 Å². The van der Waals surface area contributed by atoms with Gasteiger partial charge in [0.15, 0.2) is 0 Å². The molecular formula is C19H28N4O2S. The van der Waals surface area contributed by atoms with Gasteiger partial charge >= 0.3 is 0 Å². The highest BCUT2D eigenvalue weighted by atomic mass is 32.2. The summed E-state index contributed by atoms with van der Waals surface area (Å²) < 4.78 is 1.68. The molecular weight excluding hydrogens is 348 g/mol. The van der Waals surface area contributed by atoms with E-state index in [2.05, 4.69) is 10.00 Å².